The van der Waals surface area contributed by atoms with E-state index in [1.807, 2.05) is 0 Å². The normalized spacial score (nSPS) is 14.7. The van der Waals surface area contributed by atoms with Crippen LogP contribution in [0.3, 0.4) is 0 Å². The van der Waals surface area contributed by atoms with Crippen LogP contribution in [0, 0.1) is 5.92 Å². The van der Waals surface area contributed by atoms with Crippen molar-refractivity contribution in [3.8, 4) is 0 Å². The highest BCUT2D eigenvalue weighted by Gasteiger charge is 2.33. The number of carbonyl (C=O) groups is 1. The Morgan fingerprint density at radius 1 is 1.48 bits per heavy atom. The predicted octanol–water partition coefficient (Wildman–Crippen LogP) is 1.79. The number of primary amides is 1. The van der Waals surface area contributed by atoms with Crippen LogP contribution in [0.25, 0.3) is 0 Å². The van der Waals surface area contributed by atoms with E-state index in [-0.39, 0.29) is 24.6 Å². The number of aliphatic hydroxyl groups is 1. The second kappa shape index (κ2) is 8.26. The van der Waals surface area contributed by atoms with Gasteiger partial charge in [-0.15, -0.1) is 0 Å². The molecule has 23 heavy (non-hydrogen) atoms. The first-order chi connectivity index (χ1) is 10.6. The molecule has 0 aliphatic rings. The van der Waals surface area contributed by atoms with E-state index in [0.29, 0.717) is 13.0 Å². The number of carbonyl (C=O) groups excluding carboxylic acids is 1. The average Bonchev–Trinajstić information content (AvgIpc) is 2.43. The molecule has 5 nitrogen and oxygen atoms in total. The van der Waals surface area contributed by atoms with Gasteiger partial charge in [0.05, 0.1) is 23.8 Å². The van der Waals surface area contributed by atoms with Gasteiger partial charge in [0.15, 0.2) is 0 Å². The number of aromatic nitrogens is 1. The number of aliphatic hydroxyl groups excluding tert-OH is 1. The molecule has 3 N–H and O–H groups in total. The highest BCUT2D eigenvalue weighted by molar-refractivity contribution is 5.74. The maximum atomic E-state index is 12.9. The van der Waals surface area contributed by atoms with Gasteiger partial charge in [-0.3, -0.25) is 9.78 Å². The molecule has 0 aliphatic heterocycles. The zero-order valence-corrected chi connectivity index (χ0v) is 13.2. The van der Waals surface area contributed by atoms with Gasteiger partial charge in [0.2, 0.25) is 5.91 Å². The molecule has 130 valence electrons. The molecule has 0 aromatic carbocycles. The molecule has 0 saturated carbocycles. The summed E-state index contributed by atoms with van der Waals surface area (Å²) in [7, 11) is 1.68. The van der Waals surface area contributed by atoms with Crippen LogP contribution in [0.5, 0.6) is 0 Å². The van der Waals surface area contributed by atoms with Gasteiger partial charge in [-0.05, 0) is 38.1 Å². The van der Waals surface area contributed by atoms with Crippen LogP contribution >= 0.6 is 0 Å². The summed E-state index contributed by atoms with van der Waals surface area (Å²) in [5.41, 5.74) is 4.25. The lowest BCUT2D eigenvalue weighted by Crippen LogP contribution is -2.29. The molecule has 0 unspecified atom stereocenters. The van der Waals surface area contributed by atoms with E-state index in [9.17, 15) is 23.1 Å². The molecular formula is C15H22F3N3O2. The van der Waals surface area contributed by atoms with Crippen molar-refractivity contribution >= 4 is 5.91 Å². The van der Waals surface area contributed by atoms with Gasteiger partial charge in [-0.2, -0.15) is 13.2 Å². The maximum absolute atomic E-state index is 12.9. The SMILES string of the molecule is C[C@H](CCN(C)Cc1ncccc1C(F)(F)F)[C@@H](O)CC(N)=O. The van der Waals surface area contributed by atoms with Crippen LogP contribution < -0.4 is 5.73 Å². The number of rotatable bonds is 8. The summed E-state index contributed by atoms with van der Waals surface area (Å²) in [5, 5.41) is 9.76. The molecule has 2 atom stereocenters. The summed E-state index contributed by atoms with van der Waals surface area (Å²) >= 11 is 0. The Morgan fingerprint density at radius 3 is 2.70 bits per heavy atom. The van der Waals surface area contributed by atoms with Crippen molar-refractivity contribution in [3.63, 3.8) is 0 Å². The number of hydrogen-bond acceptors (Lipinski definition) is 4. The van der Waals surface area contributed by atoms with E-state index in [1.165, 1.54) is 12.3 Å². The molecule has 0 fully saturated rings. The van der Waals surface area contributed by atoms with Crippen molar-refractivity contribution in [1.29, 1.82) is 0 Å². The Hall–Kier alpha value is -1.67. The monoisotopic (exact) mass is 333 g/mol. The van der Waals surface area contributed by atoms with Gasteiger partial charge in [0, 0.05) is 12.7 Å². The van der Waals surface area contributed by atoms with Crippen LogP contribution in [0.4, 0.5) is 13.2 Å². The second-order valence-corrected chi connectivity index (χ2v) is 5.74. The lowest BCUT2D eigenvalue weighted by molar-refractivity contribution is -0.138. The first-order valence-corrected chi connectivity index (χ1v) is 7.27. The second-order valence-electron chi connectivity index (χ2n) is 5.74. The minimum absolute atomic E-state index is 0.0344. The van der Waals surface area contributed by atoms with E-state index in [0.717, 1.165) is 6.07 Å². The summed E-state index contributed by atoms with van der Waals surface area (Å²) in [6, 6.07) is 2.27. The number of halogens is 3. The quantitative estimate of drug-likeness (QED) is 0.760. The maximum Gasteiger partial charge on any atom is 0.418 e. The number of hydrogen-bond donors (Lipinski definition) is 2. The topological polar surface area (TPSA) is 79.4 Å². The van der Waals surface area contributed by atoms with Gasteiger partial charge in [-0.1, -0.05) is 6.92 Å². The average molecular weight is 333 g/mol. The summed E-state index contributed by atoms with van der Waals surface area (Å²) in [5.74, 6) is -0.767. The van der Waals surface area contributed by atoms with Gasteiger partial charge in [0.1, 0.15) is 0 Å². The van der Waals surface area contributed by atoms with Gasteiger partial charge in [0.25, 0.3) is 0 Å². The molecule has 0 bridgehead atoms. The van der Waals surface area contributed by atoms with E-state index >= 15 is 0 Å². The number of amides is 1. The van der Waals surface area contributed by atoms with E-state index < -0.39 is 23.8 Å². The highest BCUT2D eigenvalue weighted by atomic mass is 19.4. The number of nitrogens with two attached hydrogens (primary N) is 1. The van der Waals surface area contributed by atoms with Crippen LogP contribution in [-0.2, 0) is 17.5 Å². The Balaban J connectivity index is 2.58. The molecule has 8 heteroatoms. The highest BCUT2D eigenvalue weighted by Crippen LogP contribution is 2.31. The molecule has 1 heterocycles. The molecule has 1 aromatic rings. The Bertz CT molecular complexity index is 523. The molecule has 0 aliphatic carbocycles. The molecular weight excluding hydrogens is 311 g/mol. The zero-order valence-electron chi connectivity index (χ0n) is 13.2. The fourth-order valence-electron chi connectivity index (χ4n) is 2.18. The van der Waals surface area contributed by atoms with Crippen LogP contribution in [0.1, 0.15) is 31.0 Å². The van der Waals surface area contributed by atoms with Crippen molar-refractivity contribution in [2.75, 3.05) is 13.6 Å². The molecule has 1 rings (SSSR count). The minimum atomic E-state index is -4.44. The smallest absolute Gasteiger partial charge is 0.392 e. The van der Waals surface area contributed by atoms with Gasteiger partial charge in [-0.25, -0.2) is 0 Å². The number of pyridine rings is 1. The lowest BCUT2D eigenvalue weighted by atomic mass is 9.98. The molecule has 1 amide bonds. The fraction of sp³-hybridized carbons (Fsp3) is 0.600. The van der Waals surface area contributed by atoms with E-state index in [4.69, 9.17) is 5.73 Å². The first-order valence-electron chi connectivity index (χ1n) is 7.27. The third-order valence-corrected chi connectivity index (χ3v) is 3.65. The van der Waals surface area contributed by atoms with Crippen LogP contribution in [0.2, 0.25) is 0 Å². The Morgan fingerprint density at radius 2 is 2.13 bits per heavy atom. The minimum Gasteiger partial charge on any atom is -0.392 e. The summed E-state index contributed by atoms with van der Waals surface area (Å²) in [6.45, 7) is 2.28. The third kappa shape index (κ3) is 6.54. The zero-order chi connectivity index (χ0) is 17.6. The summed E-state index contributed by atoms with van der Waals surface area (Å²) < 4.78 is 38.7. The van der Waals surface area contributed by atoms with Crippen LogP contribution in [0.15, 0.2) is 18.3 Å². The summed E-state index contributed by atoms with van der Waals surface area (Å²) in [6.07, 6.45) is -3.54. The van der Waals surface area contributed by atoms with Crippen molar-refractivity contribution in [3.05, 3.63) is 29.6 Å². The predicted molar refractivity (Wildman–Crippen MR) is 79.2 cm³/mol. The fourth-order valence-corrected chi connectivity index (χ4v) is 2.18. The third-order valence-electron chi connectivity index (χ3n) is 3.65. The molecule has 0 saturated heterocycles. The first kappa shape index (κ1) is 19.4. The van der Waals surface area contributed by atoms with Gasteiger partial charge < -0.3 is 15.7 Å². The lowest BCUT2D eigenvalue weighted by Gasteiger charge is -2.22. The van der Waals surface area contributed by atoms with Crippen molar-refractivity contribution in [2.45, 2.75) is 38.6 Å². The molecule has 0 radical (unpaired) electrons. The molecule has 1 aromatic heterocycles. The largest absolute Gasteiger partial charge is 0.418 e. The summed E-state index contributed by atoms with van der Waals surface area (Å²) in [4.78, 5) is 16.3. The molecule has 0 spiro atoms. The number of alkyl halides is 3. The van der Waals surface area contributed by atoms with Crippen molar-refractivity contribution in [1.82, 2.24) is 9.88 Å². The van der Waals surface area contributed by atoms with Crippen molar-refractivity contribution in [2.24, 2.45) is 11.7 Å². The Kier molecular flexibility index (Phi) is 6.96. The van der Waals surface area contributed by atoms with Crippen molar-refractivity contribution < 1.29 is 23.1 Å². The van der Waals surface area contributed by atoms with Gasteiger partial charge >= 0.3 is 6.18 Å². The van der Waals surface area contributed by atoms with E-state index in [1.54, 1.807) is 18.9 Å². The number of nitrogens with zero attached hydrogens (tertiary/aromatic N) is 2. The Labute approximate surface area is 133 Å². The standard InChI is InChI=1S/C15H22F3N3O2/c1-10(13(22)8-14(19)23)5-7-21(2)9-12-11(15(16,17)18)4-3-6-20-12/h3-4,6,10,13,22H,5,7-9H2,1-2H3,(H2,19,23)/t10-,13+/m1/s1. The van der Waals surface area contributed by atoms with Crippen LogP contribution in [-0.4, -0.2) is 40.6 Å². The van der Waals surface area contributed by atoms with E-state index in [2.05, 4.69) is 4.98 Å².